The number of aliphatic carboxylic acids is 1. The summed E-state index contributed by atoms with van der Waals surface area (Å²) in [5, 5.41) is 11.1. The quantitative estimate of drug-likeness (QED) is 0.788. The maximum absolute atomic E-state index is 13.3. The molecular weight excluding hydrogens is 272 g/mol. The van der Waals surface area contributed by atoms with Gasteiger partial charge in [-0.1, -0.05) is 0 Å². The van der Waals surface area contributed by atoms with Gasteiger partial charge in [-0.25, -0.2) is 13.6 Å². The van der Waals surface area contributed by atoms with Gasteiger partial charge in [0.15, 0.2) is 6.10 Å². The Hall–Kier alpha value is -2.02. The molecule has 1 atom stereocenters. The SMILES string of the molecule is COC(CNC(=O)CCc1cc(F)ccc1F)C(=O)O. The minimum absolute atomic E-state index is 0.0279. The highest BCUT2D eigenvalue weighted by Crippen LogP contribution is 2.11. The third-order valence-corrected chi connectivity index (χ3v) is 2.67. The molecule has 0 fully saturated rings. The van der Waals surface area contributed by atoms with Crippen molar-refractivity contribution in [2.75, 3.05) is 13.7 Å². The third kappa shape index (κ3) is 4.93. The molecule has 0 bridgehead atoms. The van der Waals surface area contributed by atoms with Crippen molar-refractivity contribution in [1.82, 2.24) is 5.32 Å². The molecule has 7 heteroatoms. The second-order valence-electron chi connectivity index (χ2n) is 4.10. The Labute approximate surface area is 114 Å². The van der Waals surface area contributed by atoms with Crippen LogP contribution in [0.15, 0.2) is 18.2 Å². The second kappa shape index (κ2) is 7.54. The zero-order valence-electron chi connectivity index (χ0n) is 10.9. The van der Waals surface area contributed by atoms with Crippen molar-refractivity contribution in [1.29, 1.82) is 0 Å². The summed E-state index contributed by atoms with van der Waals surface area (Å²) in [5.74, 6) is -2.81. The van der Waals surface area contributed by atoms with Gasteiger partial charge in [-0.05, 0) is 30.2 Å². The number of carbonyl (C=O) groups is 2. The molecule has 0 spiro atoms. The first-order chi connectivity index (χ1) is 9.43. The van der Waals surface area contributed by atoms with Crippen LogP contribution in [0, 0.1) is 11.6 Å². The molecule has 1 aromatic rings. The number of rotatable bonds is 7. The fourth-order valence-corrected chi connectivity index (χ4v) is 1.55. The fraction of sp³-hybridized carbons (Fsp3) is 0.385. The molecule has 0 aliphatic rings. The van der Waals surface area contributed by atoms with Crippen molar-refractivity contribution in [3.8, 4) is 0 Å². The highest BCUT2D eigenvalue weighted by atomic mass is 19.1. The third-order valence-electron chi connectivity index (χ3n) is 2.67. The van der Waals surface area contributed by atoms with E-state index in [-0.39, 0.29) is 24.9 Å². The van der Waals surface area contributed by atoms with Crippen LogP contribution < -0.4 is 5.32 Å². The van der Waals surface area contributed by atoms with Gasteiger partial charge in [-0.2, -0.15) is 0 Å². The van der Waals surface area contributed by atoms with E-state index in [9.17, 15) is 18.4 Å². The van der Waals surface area contributed by atoms with Crippen LogP contribution in [0.5, 0.6) is 0 Å². The first-order valence-electron chi connectivity index (χ1n) is 5.90. The molecule has 2 N–H and O–H groups in total. The number of nitrogens with one attached hydrogen (secondary N) is 1. The summed E-state index contributed by atoms with van der Waals surface area (Å²) in [6.45, 7) is -0.184. The molecule has 0 radical (unpaired) electrons. The van der Waals surface area contributed by atoms with E-state index < -0.39 is 29.6 Å². The van der Waals surface area contributed by atoms with Gasteiger partial charge in [-0.15, -0.1) is 0 Å². The maximum Gasteiger partial charge on any atom is 0.334 e. The van der Waals surface area contributed by atoms with Crippen LogP contribution in [-0.2, 0) is 20.7 Å². The summed E-state index contributed by atoms with van der Waals surface area (Å²) < 4.78 is 30.8. The molecule has 0 saturated carbocycles. The van der Waals surface area contributed by atoms with Crippen LogP contribution in [0.2, 0.25) is 0 Å². The number of carboxylic acids is 1. The van der Waals surface area contributed by atoms with Crippen LogP contribution in [0.25, 0.3) is 0 Å². The van der Waals surface area contributed by atoms with Crippen molar-refractivity contribution >= 4 is 11.9 Å². The number of carboxylic acid groups (broad SMARTS) is 1. The Balaban J connectivity index is 2.43. The van der Waals surface area contributed by atoms with Gasteiger partial charge in [0.1, 0.15) is 11.6 Å². The van der Waals surface area contributed by atoms with Crippen molar-refractivity contribution in [2.24, 2.45) is 0 Å². The van der Waals surface area contributed by atoms with Crippen LogP contribution in [0.3, 0.4) is 0 Å². The predicted molar refractivity (Wildman–Crippen MR) is 66.1 cm³/mol. The number of hydrogen-bond acceptors (Lipinski definition) is 3. The second-order valence-corrected chi connectivity index (χ2v) is 4.10. The zero-order valence-corrected chi connectivity index (χ0v) is 10.9. The zero-order chi connectivity index (χ0) is 15.1. The molecule has 0 aliphatic carbocycles. The minimum atomic E-state index is -1.19. The lowest BCUT2D eigenvalue weighted by atomic mass is 10.1. The van der Waals surface area contributed by atoms with Crippen LogP contribution in [0.1, 0.15) is 12.0 Å². The summed E-state index contributed by atoms with van der Waals surface area (Å²) in [6, 6.07) is 3.01. The van der Waals surface area contributed by atoms with Crippen LogP contribution >= 0.6 is 0 Å². The standard InChI is InChI=1S/C13H15F2NO4/c1-20-11(13(18)19)7-16-12(17)5-2-8-6-9(14)3-4-10(8)15/h3-4,6,11H,2,5,7H2,1H3,(H,16,17)(H,18,19). The van der Waals surface area contributed by atoms with Crippen LogP contribution in [0.4, 0.5) is 8.78 Å². The Morgan fingerprint density at radius 1 is 1.40 bits per heavy atom. The van der Waals surface area contributed by atoms with E-state index in [1.165, 1.54) is 7.11 Å². The molecular formula is C13H15F2NO4. The molecule has 110 valence electrons. The smallest absolute Gasteiger partial charge is 0.334 e. The highest BCUT2D eigenvalue weighted by Gasteiger charge is 2.17. The van der Waals surface area contributed by atoms with E-state index in [1.807, 2.05) is 0 Å². The number of hydrogen-bond donors (Lipinski definition) is 2. The van der Waals surface area contributed by atoms with Gasteiger partial charge in [0.05, 0.1) is 6.54 Å². The molecule has 1 unspecified atom stereocenters. The average molecular weight is 287 g/mol. The topological polar surface area (TPSA) is 75.6 Å². The lowest BCUT2D eigenvalue weighted by Crippen LogP contribution is -2.37. The Bertz CT molecular complexity index is 493. The molecule has 0 heterocycles. The van der Waals surface area contributed by atoms with Crippen molar-refractivity contribution in [2.45, 2.75) is 18.9 Å². The number of aryl methyl sites for hydroxylation is 1. The van der Waals surface area contributed by atoms with Crippen LogP contribution in [-0.4, -0.2) is 36.7 Å². The van der Waals surface area contributed by atoms with Gasteiger partial charge in [0, 0.05) is 13.5 Å². The first-order valence-corrected chi connectivity index (χ1v) is 5.90. The van der Waals surface area contributed by atoms with E-state index in [2.05, 4.69) is 10.1 Å². The predicted octanol–water partition coefficient (Wildman–Crippen LogP) is 1.11. The molecule has 1 aromatic carbocycles. The first kappa shape index (κ1) is 16.0. The number of benzene rings is 1. The van der Waals surface area contributed by atoms with E-state index in [0.29, 0.717) is 0 Å². The van der Waals surface area contributed by atoms with E-state index >= 15 is 0 Å². The van der Waals surface area contributed by atoms with E-state index in [4.69, 9.17) is 5.11 Å². The Morgan fingerprint density at radius 3 is 2.70 bits per heavy atom. The molecule has 0 saturated heterocycles. The summed E-state index contributed by atoms with van der Waals surface area (Å²) in [6.07, 6.45) is -1.18. The molecule has 0 aromatic heterocycles. The molecule has 1 amide bonds. The van der Waals surface area contributed by atoms with Gasteiger partial charge in [-0.3, -0.25) is 4.79 Å². The summed E-state index contributed by atoms with van der Waals surface area (Å²) in [7, 11) is 1.22. The van der Waals surface area contributed by atoms with E-state index in [1.54, 1.807) is 0 Å². The fourth-order valence-electron chi connectivity index (χ4n) is 1.55. The average Bonchev–Trinajstić information content (AvgIpc) is 2.40. The number of carbonyl (C=O) groups excluding carboxylic acids is 1. The number of methoxy groups -OCH3 is 1. The van der Waals surface area contributed by atoms with Gasteiger partial charge >= 0.3 is 5.97 Å². The summed E-state index contributed by atoms with van der Waals surface area (Å²) in [4.78, 5) is 22.1. The summed E-state index contributed by atoms with van der Waals surface area (Å²) >= 11 is 0. The molecule has 5 nitrogen and oxygen atoms in total. The number of halogens is 2. The molecule has 20 heavy (non-hydrogen) atoms. The van der Waals surface area contributed by atoms with Gasteiger partial charge < -0.3 is 15.2 Å². The maximum atomic E-state index is 13.3. The lowest BCUT2D eigenvalue weighted by molar-refractivity contribution is -0.148. The van der Waals surface area contributed by atoms with Gasteiger partial charge in [0.2, 0.25) is 5.91 Å². The summed E-state index contributed by atoms with van der Waals surface area (Å²) in [5.41, 5.74) is 0.0988. The Morgan fingerprint density at radius 2 is 2.10 bits per heavy atom. The number of ether oxygens (including phenoxy) is 1. The highest BCUT2D eigenvalue weighted by molar-refractivity contribution is 5.78. The lowest BCUT2D eigenvalue weighted by Gasteiger charge is -2.11. The Kier molecular flexibility index (Phi) is 6.05. The normalized spacial score (nSPS) is 11.9. The number of amides is 1. The largest absolute Gasteiger partial charge is 0.479 e. The van der Waals surface area contributed by atoms with Gasteiger partial charge in [0.25, 0.3) is 0 Å². The molecule has 1 rings (SSSR count). The molecule has 0 aliphatic heterocycles. The van der Waals surface area contributed by atoms with Crippen molar-refractivity contribution in [3.63, 3.8) is 0 Å². The minimum Gasteiger partial charge on any atom is -0.479 e. The van der Waals surface area contributed by atoms with E-state index in [0.717, 1.165) is 18.2 Å². The monoisotopic (exact) mass is 287 g/mol. The van der Waals surface area contributed by atoms with Crippen molar-refractivity contribution < 1.29 is 28.2 Å². The van der Waals surface area contributed by atoms with Crippen molar-refractivity contribution in [3.05, 3.63) is 35.4 Å².